The predicted molar refractivity (Wildman–Crippen MR) is 99.5 cm³/mol. The van der Waals surface area contributed by atoms with E-state index < -0.39 is 35.5 Å². The van der Waals surface area contributed by atoms with Gasteiger partial charge >= 0.3 is 18.1 Å². The van der Waals surface area contributed by atoms with Crippen molar-refractivity contribution in [3.05, 3.63) is 29.8 Å². The summed E-state index contributed by atoms with van der Waals surface area (Å²) in [6.45, 7) is 0.817. The third-order valence-electron chi connectivity index (χ3n) is 4.07. The van der Waals surface area contributed by atoms with E-state index in [1.54, 1.807) is 12.1 Å². The van der Waals surface area contributed by atoms with Crippen molar-refractivity contribution in [2.45, 2.75) is 24.7 Å². The van der Waals surface area contributed by atoms with Crippen LogP contribution in [0.2, 0.25) is 0 Å². The van der Waals surface area contributed by atoms with Gasteiger partial charge in [-0.25, -0.2) is 9.59 Å². The fourth-order valence-electron chi connectivity index (χ4n) is 2.50. The number of esters is 1. The Bertz CT molecular complexity index is 853. The number of carboxylic acid groups (broad SMARTS) is 1. The minimum Gasteiger partial charge on any atom is -0.475 e. The number of primary amides is 1. The molecule has 1 aromatic rings. The molecule has 1 aliphatic rings. The molecule has 170 valence electrons. The van der Waals surface area contributed by atoms with Crippen LogP contribution in [0.25, 0.3) is 0 Å². The number of carbonyl (C=O) groups excluding carboxylic acids is 3. The van der Waals surface area contributed by atoms with Gasteiger partial charge < -0.3 is 21.4 Å². The van der Waals surface area contributed by atoms with Gasteiger partial charge in [0.2, 0.25) is 5.66 Å². The lowest BCUT2D eigenvalue weighted by atomic mass is 10.0. The van der Waals surface area contributed by atoms with Gasteiger partial charge in [-0.3, -0.25) is 20.2 Å². The second-order valence-corrected chi connectivity index (χ2v) is 6.19. The molecule has 0 aromatic heterocycles. The lowest BCUT2D eigenvalue weighted by Crippen LogP contribution is -2.70. The molecular formula is C17H20F3N5O6. The predicted octanol–water partition coefficient (Wildman–Crippen LogP) is -0.677. The van der Waals surface area contributed by atoms with Gasteiger partial charge in [0, 0.05) is 13.1 Å². The molecule has 0 saturated carbocycles. The van der Waals surface area contributed by atoms with Crippen LogP contribution in [-0.4, -0.2) is 64.8 Å². The van der Waals surface area contributed by atoms with Gasteiger partial charge in [-0.1, -0.05) is 0 Å². The Morgan fingerprint density at radius 2 is 1.58 bits per heavy atom. The molecule has 1 atom stereocenters. The molecule has 1 unspecified atom stereocenters. The molecule has 31 heavy (non-hydrogen) atoms. The third kappa shape index (κ3) is 6.75. The highest BCUT2D eigenvalue weighted by atomic mass is 19.4. The van der Waals surface area contributed by atoms with E-state index in [0.29, 0.717) is 18.7 Å². The molecule has 7 N–H and O–H groups in total. The fraction of sp³-hybridized carbons (Fsp3) is 0.353. The number of carbonyl (C=O) groups is 4. The second kappa shape index (κ2) is 10.5. The number of hydrogen-bond donors (Lipinski definition) is 4. The van der Waals surface area contributed by atoms with E-state index >= 15 is 0 Å². The highest BCUT2D eigenvalue weighted by Crippen LogP contribution is 2.20. The molecule has 1 fully saturated rings. The first-order valence-corrected chi connectivity index (χ1v) is 8.58. The van der Waals surface area contributed by atoms with Gasteiger partial charge in [0.25, 0.3) is 11.7 Å². The van der Waals surface area contributed by atoms with Crippen molar-refractivity contribution in [1.29, 1.82) is 0 Å². The normalized spacial score (nSPS) is 16.1. The Kier molecular flexibility index (Phi) is 8.64. The van der Waals surface area contributed by atoms with Crippen LogP contribution in [0.15, 0.2) is 29.4 Å². The number of halogens is 3. The lowest BCUT2D eigenvalue weighted by Gasteiger charge is -2.32. The van der Waals surface area contributed by atoms with Gasteiger partial charge in [-0.15, -0.1) is 0 Å². The summed E-state index contributed by atoms with van der Waals surface area (Å²) in [7, 11) is 0. The highest BCUT2D eigenvalue weighted by molar-refractivity contribution is 6.42. The summed E-state index contributed by atoms with van der Waals surface area (Å²) in [5.74, 6) is -1.12. The Balaban J connectivity index is 0.000000592. The van der Waals surface area contributed by atoms with Crippen molar-refractivity contribution in [2.75, 3.05) is 13.1 Å². The third-order valence-corrected chi connectivity index (χ3v) is 4.07. The Morgan fingerprint density at radius 3 is 1.97 bits per heavy atom. The number of hydrazone groups is 1. The summed E-state index contributed by atoms with van der Waals surface area (Å²) < 4.78 is 36.7. The molecule has 2 rings (SSSR count). The van der Waals surface area contributed by atoms with Crippen LogP contribution < -0.4 is 22.0 Å². The number of likely N-dealkylation sites (tertiary alicyclic amines) is 1. The van der Waals surface area contributed by atoms with Crippen LogP contribution in [0.4, 0.5) is 13.2 Å². The maximum absolute atomic E-state index is 12.4. The van der Waals surface area contributed by atoms with Crippen LogP contribution in [0.3, 0.4) is 0 Å². The number of alkyl halides is 3. The summed E-state index contributed by atoms with van der Waals surface area (Å²) >= 11 is 0. The topological polar surface area (TPSA) is 191 Å². The Hall–Kier alpha value is -3.52. The highest BCUT2D eigenvalue weighted by Gasteiger charge is 2.50. The molecule has 0 spiro atoms. The van der Waals surface area contributed by atoms with Gasteiger partial charge in [0.15, 0.2) is 0 Å². The first-order chi connectivity index (χ1) is 14.3. The number of nitrogens with two attached hydrogens (primary N) is 3. The van der Waals surface area contributed by atoms with Crippen molar-refractivity contribution < 1.29 is 42.2 Å². The van der Waals surface area contributed by atoms with Crippen molar-refractivity contribution in [3.8, 4) is 5.75 Å². The van der Waals surface area contributed by atoms with Gasteiger partial charge in [0.05, 0.1) is 6.21 Å². The van der Waals surface area contributed by atoms with E-state index in [4.69, 9.17) is 31.9 Å². The SMILES string of the molecule is NN=Cc1ccc(OC(=O)C(=O)C(N)(C(N)=O)N2CCCC2)cc1.O=C(O)C(F)(F)F. The molecule has 1 aromatic carbocycles. The minimum atomic E-state index is -5.08. The van der Waals surface area contributed by atoms with E-state index in [2.05, 4.69) is 5.10 Å². The zero-order chi connectivity index (χ0) is 23.8. The quantitative estimate of drug-likeness (QED) is 0.0832. The molecule has 14 heteroatoms. The monoisotopic (exact) mass is 447 g/mol. The van der Waals surface area contributed by atoms with E-state index in [1.165, 1.54) is 23.2 Å². The zero-order valence-electron chi connectivity index (χ0n) is 16.0. The van der Waals surface area contributed by atoms with Gasteiger partial charge in [-0.2, -0.15) is 18.3 Å². The molecule has 1 aliphatic heterocycles. The maximum Gasteiger partial charge on any atom is 0.490 e. The molecule has 1 amide bonds. The number of ether oxygens (including phenoxy) is 1. The van der Waals surface area contributed by atoms with E-state index in [-0.39, 0.29) is 5.75 Å². The molecule has 1 saturated heterocycles. The Morgan fingerprint density at radius 1 is 1.10 bits per heavy atom. The first-order valence-electron chi connectivity index (χ1n) is 8.58. The van der Waals surface area contributed by atoms with Crippen molar-refractivity contribution in [2.24, 2.45) is 22.4 Å². The number of amides is 1. The number of ketones is 1. The number of Topliss-reactive ketones (excluding diaryl/α,β-unsaturated/α-hetero) is 1. The fourth-order valence-corrected chi connectivity index (χ4v) is 2.50. The van der Waals surface area contributed by atoms with Crippen LogP contribution in [-0.2, 0) is 19.2 Å². The van der Waals surface area contributed by atoms with Gasteiger partial charge in [0.1, 0.15) is 5.75 Å². The molecule has 0 bridgehead atoms. The van der Waals surface area contributed by atoms with Crippen LogP contribution in [0.5, 0.6) is 5.75 Å². The molecule has 0 radical (unpaired) electrons. The van der Waals surface area contributed by atoms with Crippen molar-refractivity contribution in [3.63, 3.8) is 0 Å². The number of benzene rings is 1. The zero-order valence-corrected chi connectivity index (χ0v) is 16.0. The summed E-state index contributed by atoms with van der Waals surface area (Å²) in [5.41, 5.74) is 9.64. The summed E-state index contributed by atoms with van der Waals surface area (Å²) in [4.78, 5) is 46.5. The summed E-state index contributed by atoms with van der Waals surface area (Å²) in [5, 5.41) is 10.5. The molecule has 0 aliphatic carbocycles. The van der Waals surface area contributed by atoms with Crippen LogP contribution in [0.1, 0.15) is 18.4 Å². The van der Waals surface area contributed by atoms with Crippen LogP contribution >= 0.6 is 0 Å². The number of carboxylic acids is 1. The molecule has 11 nitrogen and oxygen atoms in total. The second-order valence-electron chi connectivity index (χ2n) is 6.19. The van der Waals surface area contributed by atoms with Crippen LogP contribution in [0, 0.1) is 0 Å². The standard InChI is InChI=1S/C15H19N5O4.C2HF3O2/c16-14(23)15(17,20-7-1-2-8-20)12(21)13(22)24-11-5-3-10(4-6-11)9-19-18;3-2(4,5)1(6)7/h3-6,9H,1-2,7-8,17-18H2,(H2,16,23);(H,6,7). The minimum absolute atomic E-state index is 0.121. The first kappa shape index (κ1) is 25.5. The average Bonchev–Trinajstić information content (AvgIpc) is 3.23. The number of nitrogens with zero attached hydrogens (tertiary/aromatic N) is 2. The maximum atomic E-state index is 12.4. The largest absolute Gasteiger partial charge is 0.490 e. The smallest absolute Gasteiger partial charge is 0.475 e. The average molecular weight is 447 g/mol. The lowest BCUT2D eigenvalue weighted by molar-refractivity contribution is -0.192. The van der Waals surface area contributed by atoms with Crippen molar-refractivity contribution in [1.82, 2.24) is 4.90 Å². The van der Waals surface area contributed by atoms with Crippen molar-refractivity contribution >= 4 is 29.8 Å². The number of hydrogen-bond acceptors (Lipinski definition) is 9. The summed E-state index contributed by atoms with van der Waals surface area (Å²) in [6.07, 6.45) is -2.15. The van der Waals surface area contributed by atoms with E-state index in [0.717, 1.165) is 12.8 Å². The molecular weight excluding hydrogens is 427 g/mol. The number of rotatable bonds is 6. The van der Waals surface area contributed by atoms with E-state index in [9.17, 15) is 27.6 Å². The molecule has 1 heterocycles. The van der Waals surface area contributed by atoms with Gasteiger partial charge in [-0.05, 0) is 42.7 Å². The van der Waals surface area contributed by atoms with E-state index in [1.807, 2.05) is 0 Å². The number of aliphatic carboxylic acids is 1. The summed E-state index contributed by atoms with van der Waals surface area (Å²) in [6, 6.07) is 6.10. The Labute approximate surface area is 173 Å².